The molecule has 4 nitrogen and oxygen atoms in total. The topological polar surface area (TPSA) is 41.9 Å². The lowest BCUT2D eigenvalue weighted by molar-refractivity contribution is 0.0528. The number of phenolic OH excluding ortho intramolecular Hbond substituents is 1. The van der Waals surface area contributed by atoms with E-state index >= 15 is 0 Å². The Bertz CT molecular complexity index is 1120. The molecule has 1 saturated heterocycles. The predicted molar refractivity (Wildman–Crippen MR) is 131 cm³/mol. The SMILES string of the molecule is CC1(C)Oc2cc(O)ccc2[C@H](c2ccc(OCCN3CCCC3)cc2)[C@H]1c1ccc(F)cc1. The van der Waals surface area contributed by atoms with Crippen LogP contribution in [0, 0.1) is 5.82 Å². The smallest absolute Gasteiger partial charge is 0.127 e. The van der Waals surface area contributed by atoms with Crippen LogP contribution in [0.15, 0.2) is 66.7 Å². The van der Waals surface area contributed by atoms with Gasteiger partial charge in [-0.15, -0.1) is 0 Å². The van der Waals surface area contributed by atoms with Gasteiger partial charge in [-0.2, -0.15) is 0 Å². The van der Waals surface area contributed by atoms with E-state index in [9.17, 15) is 9.50 Å². The van der Waals surface area contributed by atoms with Crippen LogP contribution in [0.5, 0.6) is 17.2 Å². The molecule has 0 bridgehead atoms. The van der Waals surface area contributed by atoms with Crippen molar-refractivity contribution in [1.82, 2.24) is 4.90 Å². The third-order valence-electron chi connectivity index (χ3n) is 7.13. The summed E-state index contributed by atoms with van der Waals surface area (Å²) in [5.74, 6) is 1.39. The molecule has 3 aromatic carbocycles. The van der Waals surface area contributed by atoms with Crippen LogP contribution >= 0.6 is 0 Å². The van der Waals surface area contributed by atoms with Crippen molar-refractivity contribution >= 4 is 0 Å². The van der Waals surface area contributed by atoms with Crippen molar-refractivity contribution in [2.24, 2.45) is 0 Å². The first-order chi connectivity index (χ1) is 16.4. The standard InChI is InChI=1S/C29H32FNO3/c1-29(2)28(21-5-9-22(30)10-6-21)27(25-14-11-23(32)19-26(25)34-29)20-7-12-24(13-8-20)33-18-17-31-15-3-4-16-31/h5-14,19,27-28,32H,3-4,15-18H2,1-2H3/t27-,28+/m0/s1. The zero-order chi connectivity index (χ0) is 23.7. The summed E-state index contributed by atoms with van der Waals surface area (Å²) in [6, 6.07) is 20.3. The van der Waals surface area contributed by atoms with Crippen LogP contribution in [0.2, 0.25) is 0 Å². The van der Waals surface area contributed by atoms with Gasteiger partial charge in [0.1, 0.15) is 35.3 Å². The number of ether oxygens (including phenoxy) is 2. The van der Waals surface area contributed by atoms with Crippen LogP contribution in [0.1, 0.15) is 55.2 Å². The van der Waals surface area contributed by atoms with Crippen molar-refractivity contribution in [2.45, 2.75) is 44.1 Å². The third-order valence-corrected chi connectivity index (χ3v) is 7.13. The molecule has 0 saturated carbocycles. The summed E-state index contributed by atoms with van der Waals surface area (Å²) < 4.78 is 26.1. The van der Waals surface area contributed by atoms with E-state index in [1.165, 1.54) is 38.1 Å². The second-order valence-electron chi connectivity index (χ2n) is 9.90. The first-order valence-electron chi connectivity index (χ1n) is 12.1. The number of rotatable bonds is 6. The van der Waals surface area contributed by atoms with Crippen LogP contribution in [0.3, 0.4) is 0 Å². The maximum atomic E-state index is 13.7. The normalized spacial score (nSPS) is 21.6. The van der Waals surface area contributed by atoms with Gasteiger partial charge in [0.05, 0.1) is 0 Å². The molecule has 5 heteroatoms. The van der Waals surface area contributed by atoms with Crippen molar-refractivity contribution in [2.75, 3.05) is 26.2 Å². The minimum absolute atomic E-state index is 0.0246. The second kappa shape index (κ2) is 9.30. The molecule has 0 aliphatic carbocycles. The third kappa shape index (κ3) is 4.62. The summed E-state index contributed by atoms with van der Waals surface area (Å²) in [5, 5.41) is 10.1. The van der Waals surface area contributed by atoms with E-state index in [4.69, 9.17) is 9.47 Å². The van der Waals surface area contributed by atoms with Gasteiger partial charge in [0.25, 0.3) is 0 Å². The predicted octanol–water partition coefficient (Wildman–Crippen LogP) is 6.09. The molecule has 0 unspecified atom stereocenters. The molecule has 3 aromatic rings. The summed E-state index contributed by atoms with van der Waals surface area (Å²) in [5.41, 5.74) is 2.58. The Balaban J connectivity index is 1.46. The Morgan fingerprint density at radius 1 is 0.971 bits per heavy atom. The van der Waals surface area contributed by atoms with E-state index in [-0.39, 0.29) is 23.4 Å². The molecular formula is C29H32FNO3. The monoisotopic (exact) mass is 461 g/mol. The zero-order valence-corrected chi connectivity index (χ0v) is 19.8. The molecule has 5 rings (SSSR count). The van der Waals surface area contributed by atoms with Crippen molar-refractivity contribution in [3.8, 4) is 17.2 Å². The first-order valence-corrected chi connectivity index (χ1v) is 12.1. The minimum atomic E-state index is -0.575. The Morgan fingerprint density at radius 3 is 2.35 bits per heavy atom. The van der Waals surface area contributed by atoms with Gasteiger partial charge in [0.15, 0.2) is 0 Å². The number of nitrogens with zero attached hydrogens (tertiary/aromatic N) is 1. The molecule has 0 spiro atoms. The number of benzene rings is 3. The highest BCUT2D eigenvalue weighted by molar-refractivity contribution is 5.52. The molecular weight excluding hydrogens is 429 g/mol. The molecule has 1 fully saturated rings. The van der Waals surface area contributed by atoms with Crippen LogP contribution in [-0.4, -0.2) is 41.8 Å². The molecule has 2 aliphatic heterocycles. The van der Waals surface area contributed by atoms with Gasteiger partial charge in [-0.05, 0) is 81.2 Å². The molecule has 2 atom stereocenters. The van der Waals surface area contributed by atoms with Gasteiger partial charge in [0, 0.05) is 30.0 Å². The Kier molecular flexibility index (Phi) is 6.22. The number of likely N-dealkylation sites (tertiary alicyclic amines) is 1. The highest BCUT2D eigenvalue weighted by Gasteiger charge is 2.45. The second-order valence-corrected chi connectivity index (χ2v) is 9.90. The Hall–Kier alpha value is -3.05. The van der Waals surface area contributed by atoms with E-state index in [0.29, 0.717) is 12.4 Å². The van der Waals surface area contributed by atoms with Gasteiger partial charge in [-0.25, -0.2) is 4.39 Å². The van der Waals surface area contributed by atoms with Gasteiger partial charge in [-0.1, -0.05) is 30.3 Å². The molecule has 2 aliphatic rings. The van der Waals surface area contributed by atoms with Gasteiger partial charge in [-0.3, -0.25) is 4.90 Å². The summed E-state index contributed by atoms with van der Waals surface area (Å²) in [4.78, 5) is 2.44. The molecule has 0 aromatic heterocycles. The Morgan fingerprint density at radius 2 is 1.65 bits per heavy atom. The van der Waals surface area contributed by atoms with E-state index < -0.39 is 5.60 Å². The minimum Gasteiger partial charge on any atom is -0.508 e. The molecule has 0 radical (unpaired) electrons. The van der Waals surface area contributed by atoms with Crippen LogP contribution in [0.4, 0.5) is 4.39 Å². The summed E-state index contributed by atoms with van der Waals surface area (Å²) >= 11 is 0. The van der Waals surface area contributed by atoms with Crippen LogP contribution in [0.25, 0.3) is 0 Å². The zero-order valence-electron chi connectivity index (χ0n) is 19.8. The molecule has 0 amide bonds. The van der Waals surface area contributed by atoms with Crippen molar-refractivity contribution in [1.29, 1.82) is 0 Å². The lowest BCUT2D eigenvalue weighted by atomic mass is 9.68. The maximum absolute atomic E-state index is 13.7. The average molecular weight is 462 g/mol. The van der Waals surface area contributed by atoms with E-state index in [0.717, 1.165) is 29.0 Å². The van der Waals surface area contributed by atoms with Crippen molar-refractivity contribution in [3.05, 3.63) is 89.2 Å². The highest BCUT2D eigenvalue weighted by atomic mass is 19.1. The average Bonchev–Trinajstić information content (AvgIpc) is 3.32. The molecule has 2 heterocycles. The number of halogens is 1. The van der Waals surface area contributed by atoms with E-state index in [1.807, 2.05) is 30.3 Å². The fourth-order valence-electron chi connectivity index (χ4n) is 5.50. The number of aromatic hydroxyl groups is 1. The highest BCUT2D eigenvalue weighted by Crippen LogP contribution is 2.53. The molecule has 34 heavy (non-hydrogen) atoms. The summed E-state index contributed by atoms with van der Waals surface area (Å²) in [7, 11) is 0. The van der Waals surface area contributed by atoms with Gasteiger partial charge in [0.2, 0.25) is 0 Å². The van der Waals surface area contributed by atoms with Crippen molar-refractivity contribution in [3.63, 3.8) is 0 Å². The fraction of sp³-hybridized carbons (Fsp3) is 0.379. The maximum Gasteiger partial charge on any atom is 0.127 e. The van der Waals surface area contributed by atoms with E-state index in [2.05, 4.69) is 30.9 Å². The summed E-state index contributed by atoms with van der Waals surface area (Å²) in [6.45, 7) is 8.08. The van der Waals surface area contributed by atoms with Crippen LogP contribution in [-0.2, 0) is 0 Å². The quantitative estimate of drug-likeness (QED) is 0.482. The number of hydrogen-bond acceptors (Lipinski definition) is 4. The lowest BCUT2D eigenvalue weighted by Gasteiger charge is -2.45. The van der Waals surface area contributed by atoms with Crippen molar-refractivity contribution < 1.29 is 19.0 Å². The first kappa shape index (κ1) is 22.7. The fourth-order valence-corrected chi connectivity index (χ4v) is 5.50. The summed E-state index contributed by atoms with van der Waals surface area (Å²) in [6.07, 6.45) is 2.56. The van der Waals surface area contributed by atoms with Gasteiger partial charge < -0.3 is 14.6 Å². The number of fused-ring (bicyclic) bond motifs is 1. The lowest BCUT2D eigenvalue weighted by Crippen LogP contribution is -2.43. The molecule has 1 N–H and O–H groups in total. The number of phenols is 1. The molecule has 178 valence electrons. The number of hydrogen-bond donors (Lipinski definition) is 1. The Labute approximate surface area is 200 Å². The van der Waals surface area contributed by atoms with Gasteiger partial charge >= 0.3 is 0 Å². The van der Waals surface area contributed by atoms with E-state index in [1.54, 1.807) is 12.1 Å². The van der Waals surface area contributed by atoms with Crippen LogP contribution < -0.4 is 9.47 Å². The largest absolute Gasteiger partial charge is 0.508 e.